The molecule has 0 aliphatic carbocycles. The first-order valence-electron chi connectivity index (χ1n) is 6.62. The number of nitrogens with zero attached hydrogens (tertiary/aromatic N) is 2. The van der Waals surface area contributed by atoms with Crippen LogP contribution < -0.4 is 16.6 Å². The van der Waals surface area contributed by atoms with Gasteiger partial charge in [0.25, 0.3) is 5.56 Å². The van der Waals surface area contributed by atoms with Crippen LogP contribution in [0.5, 0.6) is 0 Å². The van der Waals surface area contributed by atoms with E-state index in [1.54, 1.807) is 29.5 Å². The molecule has 0 unspecified atom stereocenters. The molecular formula is C14H15N5OS. The zero-order chi connectivity index (χ0) is 14.8. The summed E-state index contributed by atoms with van der Waals surface area (Å²) < 4.78 is 0. The monoisotopic (exact) mass is 301 g/mol. The second-order valence-electron chi connectivity index (χ2n) is 4.62. The maximum atomic E-state index is 12.0. The quantitative estimate of drug-likeness (QED) is 0.641. The highest BCUT2D eigenvalue weighted by Gasteiger charge is 2.05. The lowest BCUT2D eigenvalue weighted by Crippen LogP contribution is -2.13. The lowest BCUT2D eigenvalue weighted by atomic mass is 10.2. The largest absolute Gasteiger partial charge is 0.399 e. The minimum atomic E-state index is -0.205. The van der Waals surface area contributed by atoms with E-state index in [1.165, 1.54) is 4.88 Å². The molecule has 0 aliphatic rings. The topological polar surface area (TPSA) is 96.7 Å². The van der Waals surface area contributed by atoms with Crippen molar-refractivity contribution in [2.24, 2.45) is 0 Å². The Bertz CT molecular complexity index is 839. The number of aromatic nitrogens is 3. The summed E-state index contributed by atoms with van der Waals surface area (Å²) in [5.74, 6) is 0.436. The number of benzene rings is 1. The van der Waals surface area contributed by atoms with Gasteiger partial charge in [-0.05, 0) is 24.6 Å². The van der Waals surface area contributed by atoms with Gasteiger partial charge in [0.05, 0.1) is 17.4 Å². The van der Waals surface area contributed by atoms with Crippen LogP contribution in [-0.4, -0.2) is 15.0 Å². The molecule has 1 aromatic carbocycles. The van der Waals surface area contributed by atoms with Crippen molar-refractivity contribution in [3.05, 3.63) is 44.6 Å². The van der Waals surface area contributed by atoms with E-state index in [9.17, 15) is 4.79 Å². The third kappa shape index (κ3) is 2.87. The van der Waals surface area contributed by atoms with Crippen molar-refractivity contribution in [3.8, 4) is 0 Å². The summed E-state index contributed by atoms with van der Waals surface area (Å²) in [4.78, 5) is 24.7. The molecule has 0 amide bonds. The fourth-order valence-corrected chi connectivity index (χ4v) is 2.79. The summed E-state index contributed by atoms with van der Waals surface area (Å²) in [5, 5.41) is 4.55. The van der Waals surface area contributed by atoms with Gasteiger partial charge >= 0.3 is 0 Å². The Labute approximate surface area is 125 Å². The molecule has 2 aromatic heterocycles. The van der Waals surface area contributed by atoms with E-state index in [2.05, 4.69) is 27.2 Å². The molecule has 108 valence electrons. The smallest absolute Gasteiger partial charge is 0.260 e. The Morgan fingerprint density at radius 1 is 1.43 bits per heavy atom. The number of nitrogens with one attached hydrogen (secondary N) is 2. The average molecular weight is 301 g/mol. The van der Waals surface area contributed by atoms with Gasteiger partial charge in [-0.15, -0.1) is 11.3 Å². The van der Waals surface area contributed by atoms with Crippen molar-refractivity contribution in [3.63, 3.8) is 0 Å². The fraction of sp³-hybridized carbons (Fsp3) is 0.214. The lowest BCUT2D eigenvalue weighted by Gasteiger charge is -2.05. The molecule has 0 saturated carbocycles. The maximum Gasteiger partial charge on any atom is 0.260 e. The molecular weight excluding hydrogens is 286 g/mol. The number of nitrogen functional groups attached to an aromatic ring is 1. The van der Waals surface area contributed by atoms with E-state index < -0.39 is 0 Å². The van der Waals surface area contributed by atoms with E-state index >= 15 is 0 Å². The second kappa shape index (κ2) is 5.53. The molecule has 4 N–H and O–H groups in total. The number of anilines is 2. The van der Waals surface area contributed by atoms with Gasteiger partial charge in [-0.1, -0.05) is 6.92 Å². The zero-order valence-electron chi connectivity index (χ0n) is 11.5. The molecule has 21 heavy (non-hydrogen) atoms. The third-order valence-electron chi connectivity index (χ3n) is 3.09. The average Bonchev–Trinajstić information content (AvgIpc) is 2.94. The standard InChI is InChI=1S/C14H15N5OS/c1-2-9-6-16-12(21-9)7-17-14-18-11-4-3-8(15)5-10(11)13(20)19-14/h3-6H,2,7,15H2,1H3,(H2,17,18,19,20). The summed E-state index contributed by atoms with van der Waals surface area (Å²) in [6, 6.07) is 5.09. The number of thiazole rings is 1. The Morgan fingerprint density at radius 3 is 3.05 bits per heavy atom. The zero-order valence-corrected chi connectivity index (χ0v) is 12.3. The number of nitrogens with two attached hydrogens (primary N) is 1. The molecule has 0 radical (unpaired) electrons. The first-order chi connectivity index (χ1) is 10.2. The normalized spacial score (nSPS) is 10.9. The fourth-order valence-electron chi connectivity index (χ4n) is 1.99. The van der Waals surface area contributed by atoms with Crippen LogP contribution in [0.25, 0.3) is 10.9 Å². The van der Waals surface area contributed by atoms with Gasteiger partial charge in [0.2, 0.25) is 5.95 Å². The molecule has 7 heteroatoms. The molecule has 0 fully saturated rings. The van der Waals surface area contributed by atoms with Crippen molar-refractivity contribution < 1.29 is 0 Å². The summed E-state index contributed by atoms with van der Waals surface area (Å²) in [7, 11) is 0. The van der Waals surface area contributed by atoms with Crippen LogP contribution in [0.3, 0.4) is 0 Å². The first-order valence-corrected chi connectivity index (χ1v) is 7.44. The van der Waals surface area contributed by atoms with E-state index in [4.69, 9.17) is 5.73 Å². The van der Waals surface area contributed by atoms with Gasteiger partial charge in [-0.2, -0.15) is 0 Å². The Kier molecular flexibility index (Phi) is 3.57. The van der Waals surface area contributed by atoms with Crippen LogP contribution in [0.1, 0.15) is 16.8 Å². The minimum Gasteiger partial charge on any atom is -0.399 e. The predicted molar refractivity (Wildman–Crippen MR) is 85.6 cm³/mol. The molecule has 0 aliphatic heterocycles. The van der Waals surface area contributed by atoms with E-state index in [-0.39, 0.29) is 5.56 Å². The van der Waals surface area contributed by atoms with Crippen molar-refractivity contribution in [2.75, 3.05) is 11.1 Å². The highest BCUT2D eigenvalue weighted by atomic mass is 32.1. The summed E-state index contributed by atoms with van der Waals surface area (Å²) >= 11 is 1.65. The van der Waals surface area contributed by atoms with E-state index in [0.717, 1.165) is 11.4 Å². The van der Waals surface area contributed by atoms with Crippen LogP contribution in [0.15, 0.2) is 29.2 Å². The first kappa shape index (κ1) is 13.6. The highest BCUT2D eigenvalue weighted by molar-refractivity contribution is 7.11. The Morgan fingerprint density at radius 2 is 2.29 bits per heavy atom. The van der Waals surface area contributed by atoms with Crippen LogP contribution in [-0.2, 0) is 13.0 Å². The lowest BCUT2D eigenvalue weighted by molar-refractivity contribution is 1.04. The number of fused-ring (bicyclic) bond motifs is 1. The van der Waals surface area contributed by atoms with Crippen LogP contribution in [0.2, 0.25) is 0 Å². The number of rotatable bonds is 4. The summed E-state index contributed by atoms with van der Waals surface area (Å²) in [6.07, 6.45) is 2.85. The van der Waals surface area contributed by atoms with E-state index in [0.29, 0.717) is 29.1 Å². The molecule has 2 heterocycles. The Balaban J connectivity index is 1.84. The van der Waals surface area contributed by atoms with Gasteiger partial charge < -0.3 is 11.1 Å². The van der Waals surface area contributed by atoms with Gasteiger partial charge in [0, 0.05) is 16.8 Å². The number of H-pyrrole nitrogens is 1. The number of aromatic amines is 1. The van der Waals surface area contributed by atoms with Gasteiger partial charge in [0.1, 0.15) is 5.01 Å². The number of hydrogen-bond acceptors (Lipinski definition) is 6. The van der Waals surface area contributed by atoms with Crippen molar-refractivity contribution in [1.29, 1.82) is 0 Å². The molecule has 0 atom stereocenters. The highest BCUT2D eigenvalue weighted by Crippen LogP contribution is 2.15. The van der Waals surface area contributed by atoms with Crippen LogP contribution >= 0.6 is 11.3 Å². The van der Waals surface area contributed by atoms with Crippen molar-refractivity contribution in [1.82, 2.24) is 15.0 Å². The molecule has 0 spiro atoms. The molecule has 3 rings (SSSR count). The number of hydrogen-bond donors (Lipinski definition) is 3. The minimum absolute atomic E-state index is 0.205. The molecule has 3 aromatic rings. The van der Waals surface area contributed by atoms with Gasteiger partial charge in [0.15, 0.2) is 0 Å². The van der Waals surface area contributed by atoms with Crippen molar-refractivity contribution in [2.45, 2.75) is 19.9 Å². The molecule has 0 saturated heterocycles. The van der Waals surface area contributed by atoms with E-state index in [1.807, 2.05) is 6.20 Å². The van der Waals surface area contributed by atoms with Crippen molar-refractivity contribution >= 4 is 33.9 Å². The van der Waals surface area contributed by atoms with Gasteiger partial charge in [-0.25, -0.2) is 9.97 Å². The predicted octanol–water partition coefficient (Wildman–Crippen LogP) is 2.14. The molecule has 6 nitrogen and oxygen atoms in total. The summed E-state index contributed by atoms with van der Waals surface area (Å²) in [5.41, 5.74) is 6.63. The van der Waals surface area contributed by atoms with Crippen LogP contribution in [0, 0.1) is 0 Å². The number of aryl methyl sites for hydroxylation is 1. The van der Waals surface area contributed by atoms with Gasteiger partial charge in [-0.3, -0.25) is 9.78 Å². The summed E-state index contributed by atoms with van der Waals surface area (Å²) in [6.45, 7) is 2.63. The maximum absolute atomic E-state index is 12.0. The Hall–Kier alpha value is -2.41. The third-order valence-corrected chi connectivity index (χ3v) is 4.23. The molecule has 0 bridgehead atoms. The van der Waals surface area contributed by atoms with Crippen LogP contribution in [0.4, 0.5) is 11.6 Å². The SMILES string of the molecule is CCc1cnc(CNc2nc3ccc(N)cc3c(=O)[nH]2)s1. The second-order valence-corrected chi connectivity index (χ2v) is 5.82.